The molecule has 154 valence electrons. The van der Waals surface area contributed by atoms with Crippen LogP contribution in [-0.4, -0.2) is 31.5 Å². The van der Waals surface area contributed by atoms with Gasteiger partial charge in [0.1, 0.15) is 5.75 Å². The molecule has 1 aromatic heterocycles. The number of nitrogens with one attached hydrogen (secondary N) is 2. The van der Waals surface area contributed by atoms with Gasteiger partial charge in [0.15, 0.2) is 12.4 Å². The number of furan rings is 1. The molecule has 1 heterocycles. The number of anilines is 2. The van der Waals surface area contributed by atoms with E-state index in [1.807, 2.05) is 13.0 Å². The van der Waals surface area contributed by atoms with Crippen LogP contribution in [0, 0.1) is 6.92 Å². The molecule has 3 rings (SSSR count). The van der Waals surface area contributed by atoms with Gasteiger partial charge < -0.3 is 24.5 Å². The number of ether oxygens (including phenoxy) is 2. The first-order chi connectivity index (χ1) is 14.5. The van der Waals surface area contributed by atoms with Gasteiger partial charge >= 0.3 is 5.97 Å². The average molecular weight is 408 g/mol. The van der Waals surface area contributed by atoms with E-state index in [0.29, 0.717) is 17.1 Å². The summed E-state index contributed by atoms with van der Waals surface area (Å²) in [5, 5.41) is 5.30. The van der Waals surface area contributed by atoms with Gasteiger partial charge in [-0.25, -0.2) is 4.79 Å². The van der Waals surface area contributed by atoms with Crippen molar-refractivity contribution in [3.63, 3.8) is 0 Å². The maximum absolute atomic E-state index is 12.2. The van der Waals surface area contributed by atoms with Crippen molar-refractivity contribution in [1.29, 1.82) is 0 Å². The first-order valence-corrected chi connectivity index (χ1v) is 9.03. The molecule has 2 N–H and O–H groups in total. The zero-order valence-corrected chi connectivity index (χ0v) is 16.4. The number of rotatable bonds is 7. The molecule has 0 fully saturated rings. The summed E-state index contributed by atoms with van der Waals surface area (Å²) in [5.41, 5.74) is 2.17. The van der Waals surface area contributed by atoms with Crippen molar-refractivity contribution >= 4 is 29.2 Å². The second-order valence-electron chi connectivity index (χ2n) is 6.34. The number of hydrogen-bond acceptors (Lipinski definition) is 6. The van der Waals surface area contributed by atoms with Crippen LogP contribution in [0.2, 0.25) is 0 Å². The molecule has 0 bridgehead atoms. The fraction of sp³-hybridized carbons (Fsp3) is 0.136. The van der Waals surface area contributed by atoms with Crippen LogP contribution in [0.1, 0.15) is 26.5 Å². The quantitative estimate of drug-likeness (QED) is 0.578. The van der Waals surface area contributed by atoms with Gasteiger partial charge in [-0.05, 0) is 61.0 Å². The van der Waals surface area contributed by atoms with Gasteiger partial charge in [-0.2, -0.15) is 0 Å². The van der Waals surface area contributed by atoms with Crippen LogP contribution in [0.5, 0.6) is 5.75 Å². The summed E-state index contributed by atoms with van der Waals surface area (Å²) >= 11 is 0. The lowest BCUT2D eigenvalue weighted by Crippen LogP contribution is -2.21. The maximum Gasteiger partial charge on any atom is 0.338 e. The van der Waals surface area contributed by atoms with Crippen LogP contribution in [0.3, 0.4) is 0 Å². The van der Waals surface area contributed by atoms with E-state index in [1.165, 1.54) is 25.5 Å². The first-order valence-electron chi connectivity index (χ1n) is 9.03. The van der Waals surface area contributed by atoms with Crippen molar-refractivity contribution in [2.75, 3.05) is 24.4 Å². The van der Waals surface area contributed by atoms with Gasteiger partial charge in [-0.1, -0.05) is 6.07 Å². The molecule has 0 aliphatic heterocycles. The molecule has 30 heavy (non-hydrogen) atoms. The predicted molar refractivity (Wildman–Crippen MR) is 110 cm³/mol. The molecular weight excluding hydrogens is 388 g/mol. The van der Waals surface area contributed by atoms with Crippen LogP contribution in [-0.2, 0) is 9.53 Å². The Morgan fingerprint density at radius 3 is 2.43 bits per heavy atom. The van der Waals surface area contributed by atoms with Crippen molar-refractivity contribution in [3.8, 4) is 5.75 Å². The smallest absolute Gasteiger partial charge is 0.338 e. The van der Waals surface area contributed by atoms with E-state index in [0.717, 1.165) is 5.56 Å². The fourth-order valence-corrected chi connectivity index (χ4v) is 2.61. The zero-order chi connectivity index (χ0) is 21.5. The Balaban J connectivity index is 1.53. The Morgan fingerprint density at radius 2 is 1.77 bits per heavy atom. The van der Waals surface area contributed by atoms with E-state index >= 15 is 0 Å². The lowest BCUT2D eigenvalue weighted by Gasteiger charge is -2.11. The second-order valence-corrected chi connectivity index (χ2v) is 6.34. The summed E-state index contributed by atoms with van der Waals surface area (Å²) in [7, 11) is 1.50. The summed E-state index contributed by atoms with van der Waals surface area (Å²) in [6, 6.07) is 14.6. The molecule has 0 atom stereocenters. The summed E-state index contributed by atoms with van der Waals surface area (Å²) in [6.45, 7) is 1.43. The van der Waals surface area contributed by atoms with Crippen LogP contribution in [0.15, 0.2) is 65.3 Å². The van der Waals surface area contributed by atoms with Gasteiger partial charge in [-0.15, -0.1) is 0 Å². The highest BCUT2D eigenvalue weighted by Gasteiger charge is 2.13. The van der Waals surface area contributed by atoms with Crippen LogP contribution in [0.4, 0.5) is 11.4 Å². The molecule has 8 nitrogen and oxygen atoms in total. The molecule has 0 saturated heterocycles. The normalized spacial score (nSPS) is 10.2. The average Bonchev–Trinajstić information content (AvgIpc) is 3.28. The third kappa shape index (κ3) is 5.26. The molecule has 0 aliphatic carbocycles. The summed E-state index contributed by atoms with van der Waals surface area (Å²) in [4.78, 5) is 36.2. The van der Waals surface area contributed by atoms with Crippen molar-refractivity contribution in [1.82, 2.24) is 0 Å². The predicted octanol–water partition coefficient (Wildman–Crippen LogP) is 3.64. The number of carbonyl (C=O) groups is 3. The highest BCUT2D eigenvalue weighted by atomic mass is 16.5. The molecule has 3 aromatic rings. The molecular formula is C22H20N2O6. The Hall–Kier alpha value is -4.07. The van der Waals surface area contributed by atoms with Crippen molar-refractivity contribution < 1.29 is 28.3 Å². The molecule has 2 aromatic carbocycles. The van der Waals surface area contributed by atoms with E-state index in [9.17, 15) is 14.4 Å². The van der Waals surface area contributed by atoms with Gasteiger partial charge in [0.2, 0.25) is 0 Å². The van der Waals surface area contributed by atoms with Crippen LogP contribution in [0.25, 0.3) is 0 Å². The maximum atomic E-state index is 12.2. The van der Waals surface area contributed by atoms with Crippen LogP contribution >= 0.6 is 0 Å². The van der Waals surface area contributed by atoms with E-state index in [1.54, 1.807) is 36.4 Å². The monoisotopic (exact) mass is 408 g/mol. The summed E-state index contributed by atoms with van der Waals surface area (Å²) in [6.07, 6.45) is 1.40. The Bertz CT molecular complexity index is 1040. The standard InChI is InChI=1S/C22H20N2O6/c1-14-5-10-18(28-2)17(12-14)24-20(25)13-30-22(27)15-6-8-16(9-7-15)23-21(26)19-4-3-11-29-19/h3-12H,13H2,1-2H3,(H,23,26)(H,24,25). The molecule has 0 spiro atoms. The van der Waals surface area contributed by atoms with Crippen molar-refractivity contribution in [2.24, 2.45) is 0 Å². The summed E-state index contributed by atoms with van der Waals surface area (Å²) in [5.74, 6) is -0.874. The number of amides is 2. The fourth-order valence-electron chi connectivity index (χ4n) is 2.61. The SMILES string of the molecule is COc1ccc(C)cc1NC(=O)COC(=O)c1ccc(NC(=O)c2ccco2)cc1. The molecule has 0 radical (unpaired) electrons. The van der Waals surface area contributed by atoms with E-state index < -0.39 is 24.4 Å². The highest BCUT2D eigenvalue weighted by molar-refractivity contribution is 6.02. The van der Waals surface area contributed by atoms with E-state index in [-0.39, 0.29) is 11.3 Å². The molecule has 0 aliphatic rings. The van der Waals surface area contributed by atoms with Gasteiger partial charge in [0, 0.05) is 5.69 Å². The lowest BCUT2D eigenvalue weighted by atomic mass is 10.2. The number of aryl methyl sites for hydroxylation is 1. The summed E-state index contributed by atoms with van der Waals surface area (Å²) < 4.78 is 15.3. The van der Waals surface area contributed by atoms with Gasteiger partial charge in [0.25, 0.3) is 11.8 Å². The minimum Gasteiger partial charge on any atom is -0.495 e. The zero-order valence-electron chi connectivity index (χ0n) is 16.4. The number of methoxy groups -OCH3 is 1. The van der Waals surface area contributed by atoms with E-state index in [2.05, 4.69) is 10.6 Å². The third-order valence-corrected chi connectivity index (χ3v) is 4.09. The Kier molecular flexibility index (Phi) is 6.49. The number of benzene rings is 2. The molecule has 2 amide bonds. The van der Waals surface area contributed by atoms with Crippen molar-refractivity contribution in [2.45, 2.75) is 6.92 Å². The van der Waals surface area contributed by atoms with E-state index in [4.69, 9.17) is 13.9 Å². The highest BCUT2D eigenvalue weighted by Crippen LogP contribution is 2.25. The number of esters is 1. The topological polar surface area (TPSA) is 107 Å². The minimum absolute atomic E-state index is 0.176. The lowest BCUT2D eigenvalue weighted by molar-refractivity contribution is -0.119. The van der Waals surface area contributed by atoms with Gasteiger partial charge in [-0.3, -0.25) is 9.59 Å². The molecule has 8 heteroatoms. The van der Waals surface area contributed by atoms with Crippen LogP contribution < -0.4 is 15.4 Å². The molecule has 0 saturated carbocycles. The second kappa shape index (κ2) is 9.42. The van der Waals surface area contributed by atoms with Crippen molar-refractivity contribution in [3.05, 3.63) is 77.7 Å². The molecule has 0 unspecified atom stereocenters. The third-order valence-electron chi connectivity index (χ3n) is 4.09. The largest absolute Gasteiger partial charge is 0.495 e. The van der Waals surface area contributed by atoms with Gasteiger partial charge in [0.05, 0.1) is 24.6 Å². The Labute approximate surface area is 172 Å². The number of carbonyl (C=O) groups excluding carboxylic acids is 3. The Morgan fingerprint density at radius 1 is 1.00 bits per heavy atom. The first kappa shape index (κ1) is 20.7. The minimum atomic E-state index is -0.662. The number of hydrogen-bond donors (Lipinski definition) is 2.